The van der Waals surface area contributed by atoms with Crippen LogP contribution in [0.3, 0.4) is 0 Å². The van der Waals surface area contributed by atoms with Gasteiger partial charge < -0.3 is 39.1 Å². The van der Waals surface area contributed by atoms with Crippen molar-refractivity contribution in [2.45, 2.75) is 90.9 Å². The Kier molecular flexibility index (Phi) is 14.1. The van der Waals surface area contributed by atoms with E-state index in [1.165, 1.54) is 11.1 Å². The van der Waals surface area contributed by atoms with Gasteiger partial charge in [-0.3, -0.25) is 9.80 Å². The fourth-order valence-electron chi connectivity index (χ4n) is 6.89. The first-order chi connectivity index (χ1) is 24.6. The van der Waals surface area contributed by atoms with Gasteiger partial charge in [-0.2, -0.15) is 0 Å². The molecule has 52 heavy (non-hydrogen) atoms. The fraction of sp³-hybridized carbons (Fsp3) is 0.700. The summed E-state index contributed by atoms with van der Waals surface area (Å²) in [5, 5.41) is 7.49. The van der Waals surface area contributed by atoms with Crippen LogP contribution in [0.5, 0.6) is 0 Å². The zero-order valence-electron chi connectivity index (χ0n) is 34.1. The van der Waals surface area contributed by atoms with Crippen molar-refractivity contribution in [1.29, 1.82) is 0 Å². The number of likely N-dealkylation sites (N-methyl/N-ethyl adjacent to an activating group) is 2. The molecule has 0 aromatic heterocycles. The second-order valence-corrected chi connectivity index (χ2v) is 17.2. The van der Waals surface area contributed by atoms with Crippen molar-refractivity contribution in [3.05, 3.63) is 59.7 Å². The summed E-state index contributed by atoms with van der Waals surface area (Å²) >= 11 is 0. The summed E-state index contributed by atoms with van der Waals surface area (Å²) in [5.41, 5.74) is 3.37. The third-order valence-electron chi connectivity index (χ3n) is 12.1. The molecular formula is C40H68B2N6O4. The number of rotatable bonds is 6. The van der Waals surface area contributed by atoms with Crippen molar-refractivity contribution >= 4 is 25.2 Å². The number of hydrogen-bond donors (Lipinski definition) is 2. The Bertz CT molecular complexity index is 1290. The van der Waals surface area contributed by atoms with Gasteiger partial charge in [0.2, 0.25) is 0 Å². The maximum atomic E-state index is 6.48. The van der Waals surface area contributed by atoms with Crippen molar-refractivity contribution in [3.63, 3.8) is 0 Å². The zero-order valence-corrected chi connectivity index (χ0v) is 34.1. The second kappa shape index (κ2) is 17.8. The molecule has 3 fully saturated rings. The Morgan fingerprint density at radius 1 is 0.481 bits per heavy atom. The smallest absolute Gasteiger partial charge is 0.399 e. The van der Waals surface area contributed by atoms with Gasteiger partial charge in [0.25, 0.3) is 0 Å². The van der Waals surface area contributed by atoms with E-state index in [-0.39, 0.29) is 36.6 Å². The van der Waals surface area contributed by atoms with E-state index in [9.17, 15) is 0 Å². The van der Waals surface area contributed by atoms with Crippen molar-refractivity contribution in [3.8, 4) is 0 Å². The number of hydrogen-bond acceptors (Lipinski definition) is 10. The Morgan fingerprint density at radius 3 is 1.17 bits per heavy atom. The maximum Gasteiger partial charge on any atom is 0.495 e. The SMILES string of the molecule is CN1CCNCCN(Cc2ccccc2B2OC(C)(C)C(C)(C)O2)CCN(C)CCNCCN(Cc2ccccc2B2OC(C)(C)C(C)(C)O2)CC1. The van der Waals surface area contributed by atoms with Crippen LogP contribution in [-0.4, -0.2) is 149 Å². The van der Waals surface area contributed by atoms with Crippen LogP contribution in [0.4, 0.5) is 0 Å². The highest BCUT2D eigenvalue weighted by molar-refractivity contribution is 6.63. The van der Waals surface area contributed by atoms with Gasteiger partial charge in [-0.15, -0.1) is 0 Å². The minimum Gasteiger partial charge on any atom is -0.399 e. The molecular weight excluding hydrogens is 650 g/mol. The molecule has 12 heteroatoms. The molecule has 0 spiro atoms. The van der Waals surface area contributed by atoms with Gasteiger partial charge in [0, 0.05) is 91.6 Å². The van der Waals surface area contributed by atoms with Crippen LogP contribution in [0.1, 0.15) is 66.5 Å². The van der Waals surface area contributed by atoms with Gasteiger partial charge in [-0.1, -0.05) is 48.5 Å². The lowest BCUT2D eigenvalue weighted by molar-refractivity contribution is 0.00578. The summed E-state index contributed by atoms with van der Waals surface area (Å²) in [7, 11) is 3.77. The molecule has 2 N–H and O–H groups in total. The number of benzene rings is 2. The zero-order chi connectivity index (χ0) is 37.6. The lowest BCUT2D eigenvalue weighted by Crippen LogP contribution is -2.44. The van der Waals surface area contributed by atoms with Crippen molar-refractivity contribution in [2.24, 2.45) is 0 Å². The van der Waals surface area contributed by atoms with E-state index in [1.807, 2.05) is 0 Å². The van der Waals surface area contributed by atoms with Crippen LogP contribution >= 0.6 is 0 Å². The maximum absolute atomic E-state index is 6.48. The third-order valence-corrected chi connectivity index (χ3v) is 12.1. The molecule has 0 unspecified atom stereocenters. The van der Waals surface area contributed by atoms with Gasteiger partial charge in [-0.25, -0.2) is 0 Å². The van der Waals surface area contributed by atoms with E-state index in [0.717, 1.165) is 103 Å². The van der Waals surface area contributed by atoms with E-state index >= 15 is 0 Å². The van der Waals surface area contributed by atoms with Crippen molar-refractivity contribution in [2.75, 3.05) is 92.6 Å². The van der Waals surface area contributed by atoms with Gasteiger partial charge in [-0.05, 0) is 91.5 Å². The van der Waals surface area contributed by atoms with Crippen LogP contribution in [0.15, 0.2) is 48.5 Å². The summed E-state index contributed by atoms with van der Waals surface area (Å²) in [6, 6.07) is 17.3. The standard InChI is InChI=1S/C40H68B2N6O4/c1-37(2)38(3,4)50-41(49-37)35-17-13-11-15-33(35)31-47-25-21-43-19-24-46(10)28-30-48(26-22-44-20-23-45(9)27-29-47)32-34-16-12-14-18-36(34)42-51-39(5,6)40(7,8)52-42/h11-18,43-44H,19-32H2,1-10H3. The molecule has 2 aromatic carbocycles. The first-order valence-electron chi connectivity index (χ1n) is 19.7. The highest BCUT2D eigenvalue weighted by atomic mass is 16.7. The van der Waals surface area contributed by atoms with E-state index < -0.39 is 0 Å². The molecule has 3 aliphatic heterocycles. The van der Waals surface area contributed by atoms with E-state index in [2.05, 4.69) is 148 Å². The summed E-state index contributed by atoms with van der Waals surface area (Å²) in [4.78, 5) is 10.1. The van der Waals surface area contributed by atoms with Gasteiger partial charge in [0.15, 0.2) is 0 Å². The molecule has 0 bridgehead atoms. The van der Waals surface area contributed by atoms with Crippen LogP contribution in [0.25, 0.3) is 0 Å². The first kappa shape index (κ1) is 41.3. The molecule has 288 valence electrons. The molecule has 0 amide bonds. The average molecular weight is 719 g/mol. The van der Waals surface area contributed by atoms with Crippen molar-refractivity contribution in [1.82, 2.24) is 30.2 Å². The van der Waals surface area contributed by atoms with Gasteiger partial charge in [0.05, 0.1) is 22.4 Å². The molecule has 3 heterocycles. The van der Waals surface area contributed by atoms with E-state index in [4.69, 9.17) is 18.6 Å². The summed E-state index contributed by atoms with van der Waals surface area (Å²) in [6.07, 6.45) is 0. The Morgan fingerprint density at radius 2 is 0.808 bits per heavy atom. The average Bonchev–Trinajstić information content (AvgIpc) is 3.44. The summed E-state index contributed by atoms with van der Waals surface area (Å²) in [6.45, 7) is 30.5. The lowest BCUT2D eigenvalue weighted by Gasteiger charge is -2.32. The van der Waals surface area contributed by atoms with Crippen LogP contribution in [0, 0.1) is 0 Å². The Balaban J connectivity index is 1.18. The Labute approximate surface area is 316 Å². The molecule has 0 atom stereocenters. The third kappa shape index (κ3) is 10.7. The predicted molar refractivity (Wildman–Crippen MR) is 216 cm³/mol. The topological polar surface area (TPSA) is 73.9 Å². The molecule has 10 nitrogen and oxygen atoms in total. The van der Waals surface area contributed by atoms with Crippen molar-refractivity contribution < 1.29 is 18.6 Å². The Hall–Kier alpha value is -1.83. The van der Waals surface area contributed by atoms with E-state index in [0.29, 0.717) is 0 Å². The molecule has 5 rings (SSSR count). The summed E-state index contributed by atoms with van der Waals surface area (Å²) in [5.74, 6) is 0. The van der Waals surface area contributed by atoms with Crippen LogP contribution in [-0.2, 0) is 31.7 Å². The second-order valence-electron chi connectivity index (χ2n) is 17.2. The number of nitrogens with one attached hydrogen (secondary N) is 2. The largest absolute Gasteiger partial charge is 0.495 e. The highest BCUT2D eigenvalue weighted by Crippen LogP contribution is 2.37. The predicted octanol–water partition coefficient (Wildman–Crippen LogP) is 2.65. The molecule has 0 saturated carbocycles. The molecule has 0 radical (unpaired) electrons. The number of nitrogens with zero attached hydrogens (tertiary/aromatic N) is 4. The minimum absolute atomic E-state index is 0.357. The molecule has 3 saturated heterocycles. The van der Waals surface area contributed by atoms with Gasteiger partial charge in [0.1, 0.15) is 0 Å². The quantitative estimate of drug-likeness (QED) is 0.436. The van der Waals surface area contributed by atoms with Crippen LogP contribution < -0.4 is 21.6 Å². The fourth-order valence-corrected chi connectivity index (χ4v) is 6.89. The molecule has 3 aliphatic rings. The van der Waals surface area contributed by atoms with E-state index in [1.54, 1.807) is 0 Å². The molecule has 2 aromatic rings. The minimum atomic E-state index is -0.363. The molecule has 0 aliphatic carbocycles. The first-order valence-corrected chi connectivity index (χ1v) is 19.7. The van der Waals surface area contributed by atoms with Crippen LogP contribution in [0.2, 0.25) is 0 Å². The normalized spacial score (nSPS) is 24.9. The summed E-state index contributed by atoms with van der Waals surface area (Å²) < 4.78 is 25.9. The van der Waals surface area contributed by atoms with Gasteiger partial charge >= 0.3 is 14.2 Å². The lowest BCUT2D eigenvalue weighted by atomic mass is 9.76. The monoisotopic (exact) mass is 719 g/mol. The highest BCUT2D eigenvalue weighted by Gasteiger charge is 2.53.